The van der Waals surface area contributed by atoms with Crippen molar-refractivity contribution in [2.24, 2.45) is 10.8 Å². The second-order valence-corrected chi connectivity index (χ2v) is 11.4. The van der Waals surface area contributed by atoms with Crippen molar-refractivity contribution in [3.63, 3.8) is 0 Å². The summed E-state index contributed by atoms with van der Waals surface area (Å²) < 4.78 is 5.80. The molecule has 0 bridgehead atoms. The number of rotatable bonds is 1. The van der Waals surface area contributed by atoms with Crippen LogP contribution in [-0.2, 0) is 20.2 Å². The number of benzene rings is 2. The van der Waals surface area contributed by atoms with Crippen molar-refractivity contribution in [3.05, 3.63) is 42.0 Å². The Morgan fingerprint density at radius 3 is 2.26 bits per heavy atom. The highest BCUT2D eigenvalue weighted by Gasteiger charge is 2.84. The summed E-state index contributed by atoms with van der Waals surface area (Å²) >= 11 is 0. The third kappa shape index (κ3) is 2.81. The number of aromatic hydroxyl groups is 1. The molecule has 0 aliphatic carbocycles. The van der Waals surface area contributed by atoms with E-state index in [9.17, 15) is 9.90 Å². The summed E-state index contributed by atoms with van der Waals surface area (Å²) in [7, 11) is 0. The second-order valence-electron chi connectivity index (χ2n) is 11.4. The van der Waals surface area contributed by atoms with Crippen LogP contribution in [0.2, 0.25) is 0 Å². The largest absolute Gasteiger partial charge is 0.508 e. The number of hydrogen-bond acceptors (Lipinski definition) is 5. The van der Waals surface area contributed by atoms with E-state index in [0.29, 0.717) is 12.1 Å². The van der Waals surface area contributed by atoms with E-state index >= 15 is 0 Å². The van der Waals surface area contributed by atoms with Crippen LogP contribution in [0, 0.1) is 10.8 Å². The van der Waals surface area contributed by atoms with Gasteiger partial charge in [0.15, 0.2) is 5.60 Å². The molecular weight excluding hydrogens is 394 g/mol. The molecule has 0 saturated carbocycles. The maximum Gasteiger partial charge on any atom is 0.413 e. The summed E-state index contributed by atoms with van der Waals surface area (Å²) in [5, 5.41) is 12.3. The maximum atomic E-state index is 13.5. The van der Waals surface area contributed by atoms with E-state index in [1.165, 1.54) is 0 Å². The molecule has 6 nitrogen and oxygen atoms in total. The lowest BCUT2D eigenvalue weighted by Crippen LogP contribution is -2.75. The summed E-state index contributed by atoms with van der Waals surface area (Å²) in [5.41, 5.74) is -2.97. The lowest BCUT2D eigenvalue weighted by molar-refractivity contribution is -0.603. The van der Waals surface area contributed by atoms with Crippen molar-refractivity contribution >= 4 is 16.9 Å². The Kier molecular flexibility index (Phi) is 4.49. The maximum absolute atomic E-state index is 13.5. The lowest BCUT2D eigenvalue weighted by Gasteiger charge is -2.63. The Hall–Kier alpha value is -2.31. The number of phenolic OH excluding ortho intramolecular Hbond substituents is 1. The zero-order chi connectivity index (χ0) is 23.0. The zero-order valence-electron chi connectivity index (χ0n) is 19.7. The van der Waals surface area contributed by atoms with Crippen molar-refractivity contribution in [2.45, 2.75) is 72.3 Å². The van der Waals surface area contributed by atoms with Crippen LogP contribution in [0.25, 0.3) is 10.8 Å². The molecule has 2 aliphatic rings. The van der Waals surface area contributed by atoms with Gasteiger partial charge in [-0.2, -0.15) is 4.89 Å². The molecule has 0 aromatic heterocycles. The number of phenols is 1. The number of amides is 1. The van der Waals surface area contributed by atoms with E-state index in [1.807, 2.05) is 45.0 Å². The first-order valence-electron chi connectivity index (χ1n) is 10.8. The minimum absolute atomic E-state index is 0.107. The summed E-state index contributed by atoms with van der Waals surface area (Å²) in [5.74, 6) is 0.107. The van der Waals surface area contributed by atoms with Gasteiger partial charge in [0.1, 0.15) is 11.4 Å². The monoisotopic (exact) mass is 427 g/mol. The van der Waals surface area contributed by atoms with E-state index in [0.717, 1.165) is 10.8 Å². The quantitative estimate of drug-likeness (QED) is 0.589. The molecule has 1 N–H and O–H groups in total. The molecule has 2 saturated heterocycles. The van der Waals surface area contributed by atoms with Gasteiger partial charge in [-0.3, -0.25) is 4.90 Å². The molecule has 2 aliphatic heterocycles. The normalized spacial score (nSPS) is 27.7. The summed E-state index contributed by atoms with van der Waals surface area (Å²) in [6, 6.07) is 11.2. The number of likely N-dealkylation sites (tertiary alicyclic amines) is 1. The molecule has 6 heteroatoms. The molecule has 2 fully saturated rings. The van der Waals surface area contributed by atoms with Crippen LogP contribution in [-0.4, -0.2) is 33.8 Å². The molecule has 2 atom stereocenters. The van der Waals surface area contributed by atoms with Crippen molar-refractivity contribution in [1.82, 2.24) is 4.90 Å². The number of hydrogen-bond donors (Lipinski definition) is 1. The molecular formula is C25H33NO5. The van der Waals surface area contributed by atoms with Gasteiger partial charge >= 0.3 is 6.09 Å². The molecule has 168 valence electrons. The molecule has 0 unspecified atom stereocenters. The highest BCUT2D eigenvalue weighted by molar-refractivity contribution is 5.89. The third-order valence-corrected chi connectivity index (χ3v) is 6.53. The SMILES string of the molecule is CC(C)(C)OC(=O)N1CC(C)(C)[C@]2(C(C)(C)C)OO[C@]12c1cc(O)cc2ccccc12. The first-order chi connectivity index (χ1) is 14.2. The Morgan fingerprint density at radius 2 is 1.71 bits per heavy atom. The van der Waals surface area contributed by atoms with Crippen LogP contribution < -0.4 is 0 Å². The van der Waals surface area contributed by atoms with Gasteiger partial charge in [0.25, 0.3) is 0 Å². The first kappa shape index (κ1) is 21.9. The summed E-state index contributed by atoms with van der Waals surface area (Å²) in [6.07, 6.45) is -0.470. The highest BCUT2D eigenvalue weighted by atomic mass is 17.3. The standard InChI is InChI=1S/C25H33NO5/c1-21(2,3)25-23(7,8)15-26(20(28)29-22(4,5)6)24(25,30-31-25)19-14-17(27)13-16-11-9-10-12-18(16)19/h9-14,27H,15H2,1-8H3/t24-,25-/m0/s1. The predicted octanol–water partition coefficient (Wildman–Crippen LogP) is 5.72. The minimum Gasteiger partial charge on any atom is -0.508 e. The van der Waals surface area contributed by atoms with Crippen molar-refractivity contribution < 1.29 is 24.4 Å². The molecule has 0 spiro atoms. The van der Waals surface area contributed by atoms with Crippen molar-refractivity contribution in [3.8, 4) is 5.75 Å². The Bertz CT molecular complexity index is 1050. The van der Waals surface area contributed by atoms with Crippen LogP contribution in [0.3, 0.4) is 0 Å². The number of carbonyl (C=O) groups excluding carboxylic acids is 1. The average Bonchev–Trinajstić information content (AvgIpc) is 2.71. The number of ether oxygens (including phenoxy) is 1. The van der Waals surface area contributed by atoms with Crippen LogP contribution in [0.5, 0.6) is 5.75 Å². The predicted molar refractivity (Wildman–Crippen MR) is 118 cm³/mol. The molecule has 1 amide bonds. The topological polar surface area (TPSA) is 68.2 Å². The van der Waals surface area contributed by atoms with E-state index in [1.54, 1.807) is 17.0 Å². The lowest BCUT2D eigenvalue weighted by atomic mass is 9.57. The average molecular weight is 428 g/mol. The Balaban J connectivity index is 2.04. The molecule has 4 rings (SSSR count). The van der Waals surface area contributed by atoms with Gasteiger partial charge in [-0.15, -0.1) is 0 Å². The van der Waals surface area contributed by atoms with E-state index in [-0.39, 0.29) is 5.75 Å². The van der Waals surface area contributed by atoms with Crippen LogP contribution >= 0.6 is 0 Å². The Labute approximate surface area is 184 Å². The molecule has 2 aromatic carbocycles. The smallest absolute Gasteiger partial charge is 0.413 e. The van der Waals surface area contributed by atoms with Gasteiger partial charge in [-0.25, -0.2) is 9.68 Å². The molecule has 2 heterocycles. The fourth-order valence-electron chi connectivity index (χ4n) is 5.74. The van der Waals surface area contributed by atoms with Crippen LogP contribution in [0.4, 0.5) is 4.79 Å². The molecule has 31 heavy (non-hydrogen) atoms. The fourth-order valence-corrected chi connectivity index (χ4v) is 5.74. The van der Waals surface area contributed by atoms with E-state index in [2.05, 4.69) is 34.6 Å². The minimum atomic E-state index is -1.25. The number of fused-ring (bicyclic) bond motifs is 2. The fraction of sp³-hybridized carbons (Fsp3) is 0.560. The van der Waals surface area contributed by atoms with Crippen molar-refractivity contribution in [1.29, 1.82) is 0 Å². The van der Waals surface area contributed by atoms with Crippen LogP contribution in [0.15, 0.2) is 36.4 Å². The number of carbonyl (C=O) groups is 1. The zero-order valence-corrected chi connectivity index (χ0v) is 19.7. The second kappa shape index (κ2) is 6.36. The van der Waals surface area contributed by atoms with Gasteiger partial charge in [-0.05, 0) is 43.7 Å². The highest BCUT2D eigenvalue weighted by Crippen LogP contribution is 2.71. The summed E-state index contributed by atoms with van der Waals surface area (Å²) in [6.45, 7) is 16.4. The molecule has 0 radical (unpaired) electrons. The van der Waals surface area contributed by atoms with E-state index < -0.39 is 33.9 Å². The van der Waals surface area contributed by atoms with Gasteiger partial charge in [-0.1, -0.05) is 58.9 Å². The van der Waals surface area contributed by atoms with Gasteiger partial charge in [0.2, 0.25) is 5.72 Å². The van der Waals surface area contributed by atoms with Gasteiger partial charge < -0.3 is 9.84 Å². The van der Waals surface area contributed by atoms with Crippen molar-refractivity contribution in [2.75, 3.05) is 6.54 Å². The molecule has 2 aromatic rings. The third-order valence-electron chi connectivity index (χ3n) is 6.53. The Morgan fingerprint density at radius 1 is 1.06 bits per heavy atom. The van der Waals surface area contributed by atoms with Gasteiger partial charge in [0, 0.05) is 22.9 Å². The first-order valence-corrected chi connectivity index (χ1v) is 10.8. The van der Waals surface area contributed by atoms with Gasteiger partial charge in [0.05, 0.1) is 0 Å². The number of nitrogens with zero attached hydrogens (tertiary/aromatic N) is 1. The summed E-state index contributed by atoms with van der Waals surface area (Å²) in [4.78, 5) is 27.2. The van der Waals surface area contributed by atoms with E-state index in [4.69, 9.17) is 14.5 Å². The van der Waals surface area contributed by atoms with Crippen LogP contribution in [0.1, 0.15) is 61.0 Å².